The zero-order valence-corrected chi connectivity index (χ0v) is 19.8. The summed E-state index contributed by atoms with van der Waals surface area (Å²) in [4.78, 5) is 62.5. The number of nitro groups is 1. The molecule has 1 N–H and O–H groups in total. The van der Waals surface area contributed by atoms with Gasteiger partial charge < -0.3 is 14.8 Å². The first-order valence-electron chi connectivity index (χ1n) is 11.5. The SMILES string of the molecule is COc1ccc([N+](=O)[O-])c(NC(=O)COC(=O)c2cccc(N3C(=O)[C@@H]4CC[C@@H](C)C[C@H]4C3=O)c2)c1. The second-order valence-electron chi connectivity index (χ2n) is 8.96. The molecule has 0 unspecified atom stereocenters. The van der Waals surface area contributed by atoms with Gasteiger partial charge in [0.1, 0.15) is 11.4 Å². The molecule has 0 spiro atoms. The van der Waals surface area contributed by atoms with Crippen molar-refractivity contribution in [2.45, 2.75) is 26.2 Å². The number of fused-ring (bicyclic) bond motifs is 1. The molecule has 1 aliphatic carbocycles. The van der Waals surface area contributed by atoms with E-state index in [1.54, 1.807) is 6.07 Å². The highest BCUT2D eigenvalue weighted by atomic mass is 16.6. The van der Waals surface area contributed by atoms with Crippen LogP contribution in [-0.4, -0.2) is 42.3 Å². The molecule has 2 aromatic carbocycles. The number of nitrogens with one attached hydrogen (secondary N) is 1. The number of ether oxygens (including phenoxy) is 2. The van der Waals surface area contributed by atoms with Gasteiger partial charge in [0.25, 0.3) is 11.6 Å². The fraction of sp³-hybridized carbons (Fsp3) is 0.360. The Hall–Kier alpha value is -4.28. The number of carbonyl (C=O) groups is 4. The van der Waals surface area contributed by atoms with E-state index in [0.717, 1.165) is 11.3 Å². The minimum atomic E-state index is -0.850. The molecule has 36 heavy (non-hydrogen) atoms. The summed E-state index contributed by atoms with van der Waals surface area (Å²) in [7, 11) is 1.38. The zero-order valence-electron chi connectivity index (χ0n) is 19.8. The van der Waals surface area contributed by atoms with Crippen LogP contribution < -0.4 is 15.0 Å². The van der Waals surface area contributed by atoms with Gasteiger partial charge in [0.15, 0.2) is 6.61 Å². The van der Waals surface area contributed by atoms with E-state index in [2.05, 4.69) is 12.2 Å². The predicted octanol–water partition coefficient (Wildman–Crippen LogP) is 3.32. The number of rotatable bonds is 7. The summed E-state index contributed by atoms with van der Waals surface area (Å²) in [5.41, 5.74) is -0.128. The normalized spacial score (nSPS) is 21.1. The Balaban J connectivity index is 1.42. The standard InChI is InChI=1S/C25H25N3O8/c1-14-6-8-18-19(10-14)24(31)27(23(18)30)16-5-3-4-15(11-16)25(32)36-13-22(29)26-20-12-17(35-2)7-9-21(20)28(33)34/h3-5,7,9,11-12,14,18-19H,6,8,10,13H2,1-2H3,(H,26,29)/t14-,18-,19-/m1/s1. The second kappa shape index (κ2) is 10.1. The summed E-state index contributed by atoms with van der Waals surface area (Å²) in [6.07, 6.45) is 2.21. The third-order valence-corrected chi connectivity index (χ3v) is 6.54. The van der Waals surface area contributed by atoms with Crippen molar-refractivity contribution in [1.29, 1.82) is 0 Å². The highest BCUT2D eigenvalue weighted by Crippen LogP contribution is 2.42. The Morgan fingerprint density at radius 1 is 1.11 bits per heavy atom. The van der Waals surface area contributed by atoms with Gasteiger partial charge in [-0.25, -0.2) is 4.79 Å². The van der Waals surface area contributed by atoms with Crippen molar-refractivity contribution in [2.24, 2.45) is 17.8 Å². The van der Waals surface area contributed by atoms with Crippen molar-refractivity contribution in [1.82, 2.24) is 0 Å². The minimum absolute atomic E-state index is 0.0523. The summed E-state index contributed by atoms with van der Waals surface area (Å²) < 4.78 is 10.1. The molecule has 1 saturated carbocycles. The lowest BCUT2D eigenvalue weighted by atomic mass is 9.76. The first-order valence-corrected chi connectivity index (χ1v) is 11.5. The van der Waals surface area contributed by atoms with Crippen molar-refractivity contribution in [3.8, 4) is 5.75 Å². The zero-order chi connectivity index (χ0) is 26.0. The number of hydrogen-bond acceptors (Lipinski definition) is 8. The van der Waals surface area contributed by atoms with E-state index in [0.29, 0.717) is 24.5 Å². The van der Waals surface area contributed by atoms with Gasteiger partial charge in [-0.2, -0.15) is 0 Å². The second-order valence-corrected chi connectivity index (χ2v) is 8.96. The van der Waals surface area contributed by atoms with Gasteiger partial charge in [-0.1, -0.05) is 13.0 Å². The number of anilines is 2. The maximum Gasteiger partial charge on any atom is 0.338 e. The van der Waals surface area contributed by atoms with E-state index in [4.69, 9.17) is 9.47 Å². The number of carbonyl (C=O) groups excluding carboxylic acids is 4. The van der Waals surface area contributed by atoms with E-state index in [9.17, 15) is 29.3 Å². The van der Waals surface area contributed by atoms with Crippen LogP contribution in [0.15, 0.2) is 42.5 Å². The monoisotopic (exact) mass is 495 g/mol. The predicted molar refractivity (Wildman–Crippen MR) is 127 cm³/mol. The molecule has 1 saturated heterocycles. The van der Waals surface area contributed by atoms with E-state index in [1.165, 1.54) is 43.5 Å². The molecular weight excluding hydrogens is 470 g/mol. The van der Waals surface area contributed by atoms with Crippen LogP contribution in [-0.2, 0) is 19.1 Å². The van der Waals surface area contributed by atoms with E-state index >= 15 is 0 Å². The van der Waals surface area contributed by atoms with Crippen LogP contribution in [0.4, 0.5) is 17.1 Å². The Bertz CT molecular complexity index is 1240. The van der Waals surface area contributed by atoms with Gasteiger partial charge in [-0.3, -0.25) is 29.4 Å². The summed E-state index contributed by atoms with van der Waals surface area (Å²) in [6, 6.07) is 9.76. The molecule has 4 rings (SSSR count). The summed E-state index contributed by atoms with van der Waals surface area (Å²) in [6.45, 7) is 1.36. The Morgan fingerprint density at radius 3 is 2.58 bits per heavy atom. The van der Waals surface area contributed by atoms with Crippen molar-refractivity contribution in [2.75, 3.05) is 23.9 Å². The first-order chi connectivity index (χ1) is 17.2. The first kappa shape index (κ1) is 24.8. The fourth-order valence-corrected chi connectivity index (χ4v) is 4.72. The smallest absolute Gasteiger partial charge is 0.338 e. The number of benzene rings is 2. The minimum Gasteiger partial charge on any atom is -0.497 e. The third-order valence-electron chi connectivity index (χ3n) is 6.54. The van der Waals surface area contributed by atoms with Crippen LogP contribution in [0, 0.1) is 27.9 Å². The molecule has 3 atom stereocenters. The van der Waals surface area contributed by atoms with E-state index in [1.807, 2.05) is 0 Å². The largest absolute Gasteiger partial charge is 0.497 e. The molecule has 0 radical (unpaired) electrons. The van der Waals surface area contributed by atoms with Crippen LogP contribution in [0.5, 0.6) is 5.75 Å². The molecule has 1 heterocycles. The number of nitro benzene ring substituents is 1. The summed E-state index contributed by atoms with van der Waals surface area (Å²) in [5, 5.41) is 13.6. The summed E-state index contributed by atoms with van der Waals surface area (Å²) in [5.74, 6) is -2.19. The van der Waals surface area contributed by atoms with Crippen molar-refractivity contribution in [3.63, 3.8) is 0 Å². The molecule has 11 nitrogen and oxygen atoms in total. The molecule has 1 aliphatic heterocycles. The lowest BCUT2D eigenvalue weighted by molar-refractivity contribution is -0.383. The molecular formula is C25H25N3O8. The van der Waals surface area contributed by atoms with Gasteiger partial charge in [0.2, 0.25) is 11.8 Å². The fourth-order valence-electron chi connectivity index (χ4n) is 4.72. The molecule has 188 valence electrons. The van der Waals surface area contributed by atoms with Gasteiger partial charge in [0, 0.05) is 12.1 Å². The molecule has 2 aliphatic rings. The quantitative estimate of drug-likeness (QED) is 0.266. The third kappa shape index (κ3) is 4.90. The van der Waals surface area contributed by atoms with Crippen LogP contribution in [0.3, 0.4) is 0 Å². The number of methoxy groups -OCH3 is 1. The maximum absolute atomic E-state index is 13.0. The van der Waals surface area contributed by atoms with E-state index in [-0.39, 0.29) is 46.3 Å². The van der Waals surface area contributed by atoms with Gasteiger partial charge in [-0.05, 0) is 49.4 Å². The topological polar surface area (TPSA) is 145 Å². The number of imide groups is 1. The van der Waals surface area contributed by atoms with Crippen molar-refractivity contribution < 1.29 is 33.6 Å². The van der Waals surface area contributed by atoms with Crippen molar-refractivity contribution in [3.05, 3.63) is 58.1 Å². The molecule has 0 aromatic heterocycles. The number of esters is 1. The van der Waals surface area contributed by atoms with Gasteiger partial charge in [0.05, 0.1) is 35.1 Å². The van der Waals surface area contributed by atoms with Crippen molar-refractivity contribution >= 4 is 40.8 Å². The summed E-state index contributed by atoms with van der Waals surface area (Å²) >= 11 is 0. The van der Waals surface area contributed by atoms with Crippen LogP contribution in [0.2, 0.25) is 0 Å². The van der Waals surface area contributed by atoms with Crippen LogP contribution >= 0.6 is 0 Å². The van der Waals surface area contributed by atoms with Crippen LogP contribution in [0.1, 0.15) is 36.5 Å². The Morgan fingerprint density at radius 2 is 1.86 bits per heavy atom. The number of hydrogen-bond donors (Lipinski definition) is 1. The van der Waals surface area contributed by atoms with Gasteiger partial charge >= 0.3 is 5.97 Å². The molecule has 2 aromatic rings. The highest BCUT2D eigenvalue weighted by molar-refractivity contribution is 6.22. The average Bonchev–Trinajstić information content (AvgIpc) is 3.11. The highest BCUT2D eigenvalue weighted by Gasteiger charge is 2.50. The lowest BCUT2D eigenvalue weighted by Gasteiger charge is -2.25. The maximum atomic E-state index is 13.0. The van der Waals surface area contributed by atoms with Gasteiger partial charge in [-0.15, -0.1) is 0 Å². The lowest BCUT2D eigenvalue weighted by Crippen LogP contribution is -2.31. The molecule has 2 fully saturated rings. The van der Waals surface area contributed by atoms with E-state index < -0.39 is 23.4 Å². The Labute approximate surface area is 206 Å². The van der Waals surface area contributed by atoms with Crippen LogP contribution in [0.25, 0.3) is 0 Å². The molecule has 11 heteroatoms. The molecule has 3 amide bonds. The average molecular weight is 495 g/mol. The number of amides is 3. The Kier molecular flexibility index (Phi) is 7.00. The molecule has 0 bridgehead atoms. The number of nitrogens with zero attached hydrogens (tertiary/aromatic N) is 2.